The van der Waals surface area contributed by atoms with Gasteiger partial charge in [0.05, 0.1) is 5.54 Å². The van der Waals surface area contributed by atoms with Crippen molar-refractivity contribution in [2.24, 2.45) is 0 Å². The third-order valence-electron chi connectivity index (χ3n) is 3.20. The molecular weight excluding hydrogens is 296 g/mol. The van der Waals surface area contributed by atoms with Crippen LogP contribution in [0.3, 0.4) is 0 Å². The number of carbonyl (C=O) groups is 1. The summed E-state index contributed by atoms with van der Waals surface area (Å²) >= 11 is 0. The molecule has 1 heterocycles. The largest absolute Gasteiger partial charge is 0.454 e. The smallest absolute Gasteiger partial charge is 0.408 e. The van der Waals surface area contributed by atoms with Crippen LogP contribution in [0.1, 0.15) is 40.2 Å². The number of ether oxygens (including phenoxy) is 3. The summed E-state index contributed by atoms with van der Waals surface area (Å²) in [5.41, 5.74) is 0.0979. The molecule has 6 heteroatoms. The first-order valence-electron chi connectivity index (χ1n) is 7.76. The Morgan fingerprint density at radius 2 is 1.96 bits per heavy atom. The van der Waals surface area contributed by atoms with Crippen LogP contribution in [-0.4, -0.2) is 30.6 Å². The van der Waals surface area contributed by atoms with Gasteiger partial charge >= 0.3 is 6.09 Å². The Labute approximate surface area is 137 Å². The van der Waals surface area contributed by atoms with Crippen LogP contribution in [0.2, 0.25) is 0 Å². The van der Waals surface area contributed by atoms with Crippen molar-refractivity contribution in [3.05, 3.63) is 23.8 Å². The van der Waals surface area contributed by atoms with E-state index in [0.717, 1.165) is 17.1 Å². The second-order valence-corrected chi connectivity index (χ2v) is 7.27. The number of fused-ring (bicyclic) bond motifs is 1. The molecule has 0 atom stereocenters. The first-order chi connectivity index (χ1) is 10.7. The van der Waals surface area contributed by atoms with Gasteiger partial charge in [-0.3, -0.25) is 0 Å². The monoisotopic (exact) mass is 322 g/mol. The number of amides is 1. The van der Waals surface area contributed by atoms with Crippen molar-refractivity contribution in [2.45, 2.75) is 52.3 Å². The van der Waals surface area contributed by atoms with Crippen molar-refractivity contribution in [1.29, 1.82) is 0 Å². The highest BCUT2D eigenvalue weighted by Crippen LogP contribution is 2.35. The number of hydrogen-bond acceptors (Lipinski definition) is 5. The lowest BCUT2D eigenvalue weighted by Gasteiger charge is -2.29. The summed E-state index contributed by atoms with van der Waals surface area (Å²) in [6.07, 6.45) is -0.415. The lowest BCUT2D eigenvalue weighted by Crippen LogP contribution is -2.51. The van der Waals surface area contributed by atoms with Crippen molar-refractivity contribution < 1.29 is 19.0 Å². The van der Waals surface area contributed by atoms with Crippen molar-refractivity contribution in [1.82, 2.24) is 10.6 Å². The lowest BCUT2D eigenvalue weighted by atomic mass is 10.1. The summed E-state index contributed by atoms with van der Waals surface area (Å²) in [6, 6.07) is 5.82. The summed E-state index contributed by atoms with van der Waals surface area (Å²) < 4.78 is 16.1. The third-order valence-corrected chi connectivity index (χ3v) is 3.20. The van der Waals surface area contributed by atoms with E-state index in [9.17, 15) is 4.79 Å². The van der Waals surface area contributed by atoms with Gasteiger partial charge in [-0.15, -0.1) is 0 Å². The average molecular weight is 322 g/mol. The number of carbonyl (C=O) groups excluding carboxylic acids is 1. The van der Waals surface area contributed by atoms with E-state index in [1.165, 1.54) is 0 Å². The maximum atomic E-state index is 11.9. The molecular formula is C17H26N2O4. The van der Waals surface area contributed by atoms with Crippen LogP contribution in [0.5, 0.6) is 11.5 Å². The van der Waals surface area contributed by atoms with E-state index in [-0.39, 0.29) is 6.79 Å². The second kappa shape index (κ2) is 6.66. The number of rotatable bonds is 5. The summed E-state index contributed by atoms with van der Waals surface area (Å²) in [7, 11) is 0. The van der Waals surface area contributed by atoms with Crippen LogP contribution < -0.4 is 20.1 Å². The summed E-state index contributed by atoms with van der Waals surface area (Å²) in [5, 5.41) is 6.21. The van der Waals surface area contributed by atoms with Gasteiger partial charge in [0.25, 0.3) is 0 Å². The Morgan fingerprint density at radius 3 is 2.65 bits per heavy atom. The molecule has 128 valence electrons. The zero-order valence-corrected chi connectivity index (χ0v) is 14.5. The van der Waals surface area contributed by atoms with Gasteiger partial charge in [0.15, 0.2) is 11.5 Å². The molecule has 6 nitrogen and oxygen atoms in total. The molecule has 0 fully saturated rings. The Bertz CT molecular complexity index is 564. The molecule has 0 spiro atoms. The van der Waals surface area contributed by atoms with Crippen molar-refractivity contribution in [3.8, 4) is 11.5 Å². The average Bonchev–Trinajstić information content (AvgIpc) is 2.84. The van der Waals surface area contributed by atoms with Crippen LogP contribution in [-0.2, 0) is 11.3 Å². The van der Waals surface area contributed by atoms with E-state index in [0.29, 0.717) is 13.1 Å². The van der Waals surface area contributed by atoms with Gasteiger partial charge in [-0.1, -0.05) is 12.1 Å². The van der Waals surface area contributed by atoms with Gasteiger partial charge in [-0.05, 0) is 40.7 Å². The fourth-order valence-electron chi connectivity index (χ4n) is 2.26. The zero-order valence-electron chi connectivity index (χ0n) is 14.5. The van der Waals surface area contributed by atoms with Gasteiger partial charge in [0, 0.05) is 18.7 Å². The molecule has 1 aromatic carbocycles. The number of benzene rings is 1. The summed E-state index contributed by atoms with van der Waals surface area (Å²) in [6.45, 7) is 10.9. The molecule has 2 N–H and O–H groups in total. The fraction of sp³-hybridized carbons (Fsp3) is 0.588. The molecule has 0 saturated heterocycles. The van der Waals surface area contributed by atoms with Gasteiger partial charge in [-0.2, -0.15) is 0 Å². The highest BCUT2D eigenvalue weighted by Gasteiger charge is 2.24. The predicted molar refractivity (Wildman–Crippen MR) is 87.7 cm³/mol. The van der Waals surface area contributed by atoms with Crippen LogP contribution in [0, 0.1) is 0 Å². The highest BCUT2D eigenvalue weighted by atomic mass is 16.7. The fourth-order valence-corrected chi connectivity index (χ4v) is 2.26. The second-order valence-electron chi connectivity index (χ2n) is 7.27. The SMILES string of the molecule is CC(C)(CNCc1cccc2c1OCO2)NC(=O)OC(C)(C)C. The standard InChI is InChI=1S/C17H26N2O4/c1-16(2,3)23-15(20)19-17(4,5)10-18-9-12-7-6-8-13-14(12)22-11-21-13/h6-8,18H,9-11H2,1-5H3,(H,19,20). The maximum Gasteiger partial charge on any atom is 0.408 e. The van der Waals surface area contributed by atoms with Gasteiger partial charge in [0.1, 0.15) is 5.60 Å². The Hall–Kier alpha value is -1.95. The van der Waals surface area contributed by atoms with E-state index in [2.05, 4.69) is 10.6 Å². The van der Waals surface area contributed by atoms with Gasteiger partial charge < -0.3 is 24.8 Å². The highest BCUT2D eigenvalue weighted by molar-refractivity contribution is 5.68. The summed E-state index contributed by atoms with van der Waals surface area (Å²) in [5.74, 6) is 1.56. The first-order valence-corrected chi connectivity index (χ1v) is 7.76. The molecule has 0 aliphatic carbocycles. The molecule has 1 amide bonds. The van der Waals surface area contributed by atoms with Crippen LogP contribution in [0.15, 0.2) is 18.2 Å². The molecule has 0 saturated carbocycles. The molecule has 1 aromatic rings. The summed E-state index contributed by atoms with van der Waals surface area (Å²) in [4.78, 5) is 11.9. The minimum atomic E-state index is -0.504. The van der Waals surface area contributed by atoms with E-state index in [1.807, 2.05) is 52.8 Å². The third kappa shape index (κ3) is 5.32. The van der Waals surface area contributed by atoms with Crippen LogP contribution in [0.4, 0.5) is 4.79 Å². The Balaban J connectivity index is 1.83. The Kier molecular flexibility index (Phi) is 5.04. The molecule has 0 unspecified atom stereocenters. The van der Waals surface area contributed by atoms with Gasteiger partial charge in [-0.25, -0.2) is 4.79 Å². The van der Waals surface area contributed by atoms with Crippen molar-refractivity contribution >= 4 is 6.09 Å². The zero-order chi connectivity index (χ0) is 17.1. The van der Waals surface area contributed by atoms with E-state index in [4.69, 9.17) is 14.2 Å². The van der Waals surface area contributed by atoms with Gasteiger partial charge in [0.2, 0.25) is 6.79 Å². The quantitative estimate of drug-likeness (QED) is 0.872. The molecule has 1 aliphatic rings. The van der Waals surface area contributed by atoms with Crippen LogP contribution >= 0.6 is 0 Å². The number of hydrogen-bond donors (Lipinski definition) is 2. The maximum absolute atomic E-state index is 11.9. The molecule has 0 bridgehead atoms. The number of nitrogens with one attached hydrogen (secondary N) is 2. The number of para-hydroxylation sites is 1. The normalized spacial score (nSPS) is 13.8. The van der Waals surface area contributed by atoms with E-state index < -0.39 is 17.2 Å². The van der Waals surface area contributed by atoms with E-state index in [1.54, 1.807) is 0 Å². The first kappa shape index (κ1) is 17.4. The van der Waals surface area contributed by atoms with Crippen molar-refractivity contribution in [2.75, 3.05) is 13.3 Å². The van der Waals surface area contributed by atoms with Crippen LogP contribution in [0.25, 0.3) is 0 Å². The lowest BCUT2D eigenvalue weighted by molar-refractivity contribution is 0.0472. The molecule has 1 aliphatic heterocycles. The molecule has 0 radical (unpaired) electrons. The molecule has 23 heavy (non-hydrogen) atoms. The molecule has 0 aromatic heterocycles. The predicted octanol–water partition coefficient (Wildman–Crippen LogP) is 2.81. The van der Waals surface area contributed by atoms with Crippen molar-refractivity contribution in [3.63, 3.8) is 0 Å². The number of alkyl carbamates (subject to hydrolysis) is 1. The minimum Gasteiger partial charge on any atom is -0.454 e. The topological polar surface area (TPSA) is 68.8 Å². The minimum absolute atomic E-state index is 0.262. The van der Waals surface area contributed by atoms with E-state index >= 15 is 0 Å². The molecule has 2 rings (SSSR count). The Morgan fingerprint density at radius 1 is 1.22 bits per heavy atom.